The molecule has 2 fully saturated rings. The zero-order valence-corrected chi connectivity index (χ0v) is 17.8. The van der Waals surface area contributed by atoms with E-state index in [9.17, 15) is 13.5 Å². The molecule has 1 N–H and O–H groups in total. The van der Waals surface area contributed by atoms with Gasteiger partial charge in [-0.2, -0.15) is 4.31 Å². The zero-order valence-electron chi connectivity index (χ0n) is 17.0. The van der Waals surface area contributed by atoms with E-state index in [0.717, 1.165) is 51.6 Å². The summed E-state index contributed by atoms with van der Waals surface area (Å²) in [5, 5.41) is 10.2. The van der Waals surface area contributed by atoms with E-state index in [2.05, 4.69) is 36.1 Å². The Morgan fingerprint density at radius 2 is 2.07 bits per heavy atom. The van der Waals surface area contributed by atoms with Crippen molar-refractivity contribution in [1.82, 2.24) is 9.21 Å². The molecule has 4 atom stereocenters. The average Bonchev–Trinajstić information content (AvgIpc) is 2.70. The van der Waals surface area contributed by atoms with Gasteiger partial charge in [0, 0.05) is 31.7 Å². The molecule has 0 saturated carbocycles. The first-order valence-electron chi connectivity index (χ1n) is 11.0. The van der Waals surface area contributed by atoms with Gasteiger partial charge in [0.2, 0.25) is 10.0 Å². The largest absolute Gasteiger partial charge is 0.392 e. The lowest BCUT2D eigenvalue weighted by Gasteiger charge is -2.51. The smallest absolute Gasteiger partial charge is 0.216 e. The lowest BCUT2D eigenvalue weighted by molar-refractivity contribution is 0.0215. The van der Waals surface area contributed by atoms with Crippen molar-refractivity contribution in [3.63, 3.8) is 0 Å². The summed E-state index contributed by atoms with van der Waals surface area (Å²) in [6, 6.07) is 9.06. The predicted molar refractivity (Wildman–Crippen MR) is 112 cm³/mol. The SMILES string of the molecule is CCCCC(O)CS(=O)(=O)N1CCCC2CN3CCc4ccccc4C3CC21. The number of aliphatic hydroxyl groups is 1. The van der Waals surface area contributed by atoms with Gasteiger partial charge in [0.1, 0.15) is 0 Å². The standard InChI is InChI=1S/C22H34N2O3S/c1-2-3-9-19(25)16-28(26,27)24-12-6-8-18-15-23-13-11-17-7-4-5-10-20(17)22(23)14-21(18)24/h4-5,7,10,18-19,21-22,25H,2-3,6,8-9,11-16H2,1H3. The van der Waals surface area contributed by atoms with Crippen LogP contribution in [0.1, 0.15) is 62.6 Å². The number of fused-ring (bicyclic) bond motifs is 4. The van der Waals surface area contributed by atoms with Gasteiger partial charge in [-0.25, -0.2) is 8.42 Å². The van der Waals surface area contributed by atoms with Gasteiger partial charge in [-0.1, -0.05) is 44.0 Å². The minimum absolute atomic E-state index is 0.0736. The number of sulfonamides is 1. The van der Waals surface area contributed by atoms with E-state index in [-0.39, 0.29) is 11.8 Å². The van der Waals surface area contributed by atoms with Crippen molar-refractivity contribution in [1.29, 1.82) is 0 Å². The molecule has 2 saturated heterocycles. The Morgan fingerprint density at radius 3 is 2.89 bits per heavy atom. The monoisotopic (exact) mass is 406 g/mol. The number of hydrogen-bond donors (Lipinski definition) is 1. The van der Waals surface area contributed by atoms with E-state index in [1.807, 2.05) is 0 Å². The van der Waals surface area contributed by atoms with Crippen molar-refractivity contribution in [2.45, 2.75) is 70.1 Å². The summed E-state index contributed by atoms with van der Waals surface area (Å²) >= 11 is 0. The average molecular weight is 407 g/mol. The van der Waals surface area contributed by atoms with E-state index < -0.39 is 16.1 Å². The van der Waals surface area contributed by atoms with Crippen molar-refractivity contribution in [2.75, 3.05) is 25.4 Å². The highest BCUT2D eigenvalue weighted by Gasteiger charge is 2.46. The number of piperidine rings is 2. The summed E-state index contributed by atoms with van der Waals surface area (Å²) in [6.45, 7) is 4.74. The zero-order chi connectivity index (χ0) is 19.7. The van der Waals surface area contributed by atoms with Gasteiger partial charge in [-0.05, 0) is 49.1 Å². The lowest BCUT2D eigenvalue weighted by Crippen LogP contribution is -2.58. The Kier molecular flexibility index (Phi) is 6.12. The van der Waals surface area contributed by atoms with Gasteiger partial charge in [0.05, 0.1) is 11.9 Å². The molecule has 4 rings (SSSR count). The number of rotatable bonds is 6. The van der Waals surface area contributed by atoms with Crippen LogP contribution in [0.2, 0.25) is 0 Å². The number of hydrogen-bond acceptors (Lipinski definition) is 4. The summed E-state index contributed by atoms with van der Waals surface area (Å²) in [5.41, 5.74) is 2.81. The van der Waals surface area contributed by atoms with Crippen LogP contribution in [-0.2, 0) is 16.4 Å². The number of unbranched alkanes of at least 4 members (excludes halogenated alkanes) is 1. The third-order valence-corrected chi connectivity index (χ3v) is 8.95. The van der Waals surface area contributed by atoms with Gasteiger partial charge in [-0.3, -0.25) is 4.90 Å². The molecule has 0 radical (unpaired) electrons. The second-order valence-corrected chi connectivity index (χ2v) is 10.8. The molecular formula is C22H34N2O3S. The summed E-state index contributed by atoms with van der Waals surface area (Å²) in [4.78, 5) is 2.58. The van der Waals surface area contributed by atoms with Crippen molar-refractivity contribution < 1.29 is 13.5 Å². The predicted octanol–water partition coefficient (Wildman–Crippen LogP) is 2.95. The minimum Gasteiger partial charge on any atom is -0.392 e. The fourth-order valence-electron chi connectivity index (χ4n) is 5.56. The molecule has 28 heavy (non-hydrogen) atoms. The van der Waals surface area contributed by atoms with E-state index in [1.165, 1.54) is 11.1 Å². The number of nitrogens with zero attached hydrogens (tertiary/aromatic N) is 2. The van der Waals surface area contributed by atoms with Gasteiger partial charge >= 0.3 is 0 Å². The summed E-state index contributed by atoms with van der Waals surface area (Å²) in [6.07, 6.45) is 5.68. The van der Waals surface area contributed by atoms with Crippen LogP contribution in [0.25, 0.3) is 0 Å². The van der Waals surface area contributed by atoms with Crippen LogP contribution in [0, 0.1) is 5.92 Å². The van der Waals surface area contributed by atoms with Crippen molar-refractivity contribution >= 4 is 10.0 Å². The fraction of sp³-hybridized carbons (Fsp3) is 0.727. The molecule has 6 heteroatoms. The second-order valence-electron chi connectivity index (χ2n) is 8.85. The lowest BCUT2D eigenvalue weighted by atomic mass is 9.77. The first-order valence-corrected chi connectivity index (χ1v) is 12.6. The summed E-state index contributed by atoms with van der Waals surface area (Å²) < 4.78 is 28.1. The Labute approximate surface area is 169 Å². The van der Waals surface area contributed by atoms with E-state index in [4.69, 9.17) is 0 Å². The van der Waals surface area contributed by atoms with Crippen LogP contribution < -0.4 is 0 Å². The van der Waals surface area contributed by atoms with Crippen LogP contribution in [0.15, 0.2) is 24.3 Å². The molecule has 0 spiro atoms. The molecule has 3 aliphatic rings. The molecule has 4 unspecified atom stereocenters. The molecule has 156 valence electrons. The van der Waals surface area contributed by atoms with Gasteiger partial charge < -0.3 is 5.11 Å². The van der Waals surface area contributed by atoms with Crippen molar-refractivity contribution in [3.05, 3.63) is 35.4 Å². The first kappa shape index (κ1) is 20.3. The molecule has 3 heterocycles. The highest BCUT2D eigenvalue weighted by Crippen LogP contribution is 2.43. The molecule has 0 amide bonds. The maximum Gasteiger partial charge on any atom is 0.216 e. The summed E-state index contributed by atoms with van der Waals surface area (Å²) in [7, 11) is -3.43. The van der Waals surface area contributed by atoms with E-state index >= 15 is 0 Å². The van der Waals surface area contributed by atoms with Crippen LogP contribution in [0.5, 0.6) is 0 Å². The third-order valence-electron chi connectivity index (χ3n) is 6.98. The topological polar surface area (TPSA) is 60.9 Å². The number of benzene rings is 1. The molecule has 0 aliphatic carbocycles. The molecular weight excluding hydrogens is 372 g/mol. The second kappa shape index (κ2) is 8.42. The molecule has 1 aromatic rings. The quantitative estimate of drug-likeness (QED) is 0.789. The van der Waals surface area contributed by atoms with Crippen LogP contribution in [0.3, 0.4) is 0 Å². The highest BCUT2D eigenvalue weighted by atomic mass is 32.2. The minimum atomic E-state index is -3.43. The fourth-order valence-corrected chi connectivity index (χ4v) is 7.48. The summed E-state index contributed by atoms with van der Waals surface area (Å²) in [5.74, 6) is 0.291. The van der Waals surface area contributed by atoms with Crippen LogP contribution >= 0.6 is 0 Å². The van der Waals surface area contributed by atoms with Gasteiger partial charge in [-0.15, -0.1) is 0 Å². The number of aliphatic hydroxyl groups excluding tert-OH is 1. The molecule has 0 aromatic heterocycles. The molecule has 1 aromatic carbocycles. The third kappa shape index (κ3) is 4.02. The maximum absolute atomic E-state index is 13.2. The van der Waals surface area contributed by atoms with Crippen LogP contribution in [-0.4, -0.2) is 60.3 Å². The van der Waals surface area contributed by atoms with Crippen molar-refractivity contribution in [2.24, 2.45) is 5.92 Å². The normalized spacial score (nSPS) is 29.6. The first-order chi connectivity index (χ1) is 13.5. The Morgan fingerprint density at radius 1 is 1.25 bits per heavy atom. The maximum atomic E-state index is 13.2. The molecule has 3 aliphatic heterocycles. The van der Waals surface area contributed by atoms with E-state index in [1.54, 1.807) is 4.31 Å². The van der Waals surface area contributed by atoms with Gasteiger partial charge in [0.15, 0.2) is 0 Å². The molecule has 0 bridgehead atoms. The Balaban J connectivity index is 1.54. The highest BCUT2D eigenvalue weighted by molar-refractivity contribution is 7.89. The Hall–Kier alpha value is -0.950. The molecule has 5 nitrogen and oxygen atoms in total. The van der Waals surface area contributed by atoms with Crippen LogP contribution in [0.4, 0.5) is 0 Å². The van der Waals surface area contributed by atoms with E-state index in [0.29, 0.717) is 24.9 Å². The Bertz CT molecular complexity index is 782. The van der Waals surface area contributed by atoms with Crippen molar-refractivity contribution in [3.8, 4) is 0 Å². The van der Waals surface area contributed by atoms with Gasteiger partial charge in [0.25, 0.3) is 0 Å².